The number of aliphatic hydroxyl groups is 1. The Morgan fingerprint density at radius 3 is 2.22 bits per heavy atom. The molecule has 0 bridgehead atoms. The van der Waals surface area contributed by atoms with Crippen LogP contribution >= 0.6 is 0 Å². The lowest BCUT2D eigenvalue weighted by molar-refractivity contribution is -0.127. The number of nitrogens with zero attached hydrogens (tertiary/aromatic N) is 2. The van der Waals surface area contributed by atoms with Crippen molar-refractivity contribution >= 4 is 11.4 Å². The molecule has 7 nitrogen and oxygen atoms in total. The van der Waals surface area contributed by atoms with Gasteiger partial charge in [0.2, 0.25) is 0 Å². The first-order valence-corrected chi connectivity index (χ1v) is 9.22. The molecule has 0 amide bonds. The van der Waals surface area contributed by atoms with Crippen LogP contribution in [-0.2, 0) is 9.57 Å². The van der Waals surface area contributed by atoms with Gasteiger partial charge in [-0.2, -0.15) is 0 Å². The van der Waals surface area contributed by atoms with E-state index in [4.69, 9.17) is 9.84 Å². The van der Waals surface area contributed by atoms with Crippen molar-refractivity contribution in [3.63, 3.8) is 0 Å². The molecule has 1 aromatic rings. The minimum atomic E-state index is -0.882. The fourth-order valence-corrected chi connectivity index (χ4v) is 2.89. The summed E-state index contributed by atoms with van der Waals surface area (Å²) in [5.74, 6) is -1.34. The number of benzene rings is 1. The van der Waals surface area contributed by atoms with E-state index < -0.39 is 24.3 Å². The van der Waals surface area contributed by atoms with Gasteiger partial charge >= 0.3 is 0 Å². The van der Waals surface area contributed by atoms with Crippen LogP contribution in [0.5, 0.6) is 0 Å². The third-order valence-corrected chi connectivity index (χ3v) is 4.13. The fraction of sp³-hybridized carbons (Fsp3) is 0.667. The molecule has 1 aromatic carbocycles. The summed E-state index contributed by atoms with van der Waals surface area (Å²) in [6, 6.07) is 2.34. The molecule has 2 saturated heterocycles. The van der Waals surface area contributed by atoms with Crippen LogP contribution in [-0.4, -0.2) is 50.7 Å². The predicted octanol–water partition coefficient (Wildman–Crippen LogP) is 3.32. The van der Waals surface area contributed by atoms with Crippen LogP contribution in [0.1, 0.15) is 27.7 Å². The van der Waals surface area contributed by atoms with Gasteiger partial charge in [0.1, 0.15) is 5.69 Å². The summed E-state index contributed by atoms with van der Waals surface area (Å²) in [6.07, 6.45) is -0.882. The van der Waals surface area contributed by atoms with Crippen molar-refractivity contribution in [2.75, 3.05) is 49.7 Å². The molecule has 0 saturated carbocycles. The molecule has 1 atom stereocenters. The van der Waals surface area contributed by atoms with E-state index in [1.54, 1.807) is 4.90 Å². The molecule has 0 aliphatic carbocycles. The molecule has 9 heteroatoms. The van der Waals surface area contributed by atoms with E-state index in [2.05, 4.69) is 15.5 Å². The third-order valence-electron chi connectivity index (χ3n) is 4.13. The van der Waals surface area contributed by atoms with E-state index in [0.29, 0.717) is 26.3 Å². The maximum atomic E-state index is 14.2. The highest BCUT2D eigenvalue weighted by molar-refractivity contribution is 5.59. The Hall–Kier alpha value is -2.00. The van der Waals surface area contributed by atoms with Gasteiger partial charge in [0.15, 0.2) is 23.1 Å². The van der Waals surface area contributed by atoms with Crippen LogP contribution in [0.2, 0.25) is 0 Å². The van der Waals surface area contributed by atoms with Crippen LogP contribution < -0.4 is 10.2 Å². The van der Waals surface area contributed by atoms with E-state index in [1.165, 1.54) is 12.1 Å². The Bertz CT molecular complexity index is 569. The van der Waals surface area contributed by atoms with Gasteiger partial charge in [-0.15, -0.1) is 4.91 Å². The molecule has 2 fully saturated rings. The maximum absolute atomic E-state index is 14.2. The van der Waals surface area contributed by atoms with Crippen molar-refractivity contribution in [2.45, 2.75) is 33.8 Å². The minimum absolute atomic E-state index is 0.00929. The van der Waals surface area contributed by atoms with Crippen LogP contribution in [0.25, 0.3) is 0 Å². The van der Waals surface area contributed by atoms with Crippen molar-refractivity contribution in [3.8, 4) is 0 Å². The van der Waals surface area contributed by atoms with E-state index in [1.807, 2.05) is 27.7 Å². The fourth-order valence-electron chi connectivity index (χ4n) is 2.89. The standard InChI is InChI=1S/C14H17F2N3O4.2C2H6/c15-11-1-9(17-3-10(4-20)23-18-21)2-12(16)13(11)19-5-14(6-19)7-22-8-14;2*1-2/h1-2,10,17,20H,3-8H2;2*1-2H3. The normalized spacial score (nSPS) is 17.2. The molecule has 1 unspecified atom stereocenters. The summed E-state index contributed by atoms with van der Waals surface area (Å²) < 4.78 is 33.6. The summed E-state index contributed by atoms with van der Waals surface area (Å²) >= 11 is 0. The number of hydrogen-bond donors (Lipinski definition) is 2. The Morgan fingerprint density at radius 2 is 1.81 bits per heavy atom. The molecule has 2 aliphatic rings. The molecular weight excluding hydrogens is 360 g/mol. The Balaban J connectivity index is 0.000000855. The quantitative estimate of drug-likeness (QED) is 0.550. The van der Waals surface area contributed by atoms with Gasteiger partial charge in [0, 0.05) is 18.8 Å². The Kier molecular flexibility index (Phi) is 9.37. The number of aliphatic hydroxyl groups excluding tert-OH is 1. The number of hydrogen-bond acceptors (Lipinski definition) is 7. The molecule has 0 radical (unpaired) electrons. The second-order valence-electron chi connectivity index (χ2n) is 6.00. The van der Waals surface area contributed by atoms with Crippen LogP contribution in [0.4, 0.5) is 20.2 Å². The minimum Gasteiger partial charge on any atom is -0.392 e. The predicted molar refractivity (Wildman–Crippen MR) is 101 cm³/mol. The topological polar surface area (TPSA) is 83.4 Å². The average molecular weight is 389 g/mol. The lowest BCUT2D eigenvalue weighted by Gasteiger charge is -2.55. The van der Waals surface area contributed by atoms with Crippen molar-refractivity contribution < 1.29 is 23.5 Å². The van der Waals surface area contributed by atoms with E-state index >= 15 is 0 Å². The van der Waals surface area contributed by atoms with Crippen molar-refractivity contribution in [2.24, 2.45) is 10.8 Å². The monoisotopic (exact) mass is 389 g/mol. The number of anilines is 2. The highest BCUT2D eigenvalue weighted by atomic mass is 19.1. The lowest BCUT2D eigenvalue weighted by Crippen LogP contribution is -2.66. The first-order valence-electron chi connectivity index (χ1n) is 9.22. The van der Waals surface area contributed by atoms with Gasteiger partial charge in [0.05, 0.1) is 31.8 Å². The first kappa shape index (κ1) is 23.0. The van der Waals surface area contributed by atoms with Crippen LogP contribution in [0, 0.1) is 22.0 Å². The summed E-state index contributed by atoms with van der Waals surface area (Å²) in [5, 5.41) is 13.9. The lowest BCUT2D eigenvalue weighted by atomic mass is 9.77. The van der Waals surface area contributed by atoms with Crippen molar-refractivity contribution in [1.82, 2.24) is 0 Å². The van der Waals surface area contributed by atoms with Gasteiger partial charge in [-0.25, -0.2) is 8.78 Å². The zero-order chi connectivity index (χ0) is 20.4. The Morgan fingerprint density at radius 1 is 1.26 bits per heavy atom. The highest BCUT2D eigenvalue weighted by Crippen LogP contribution is 2.42. The van der Waals surface area contributed by atoms with E-state index in [-0.39, 0.29) is 23.3 Å². The second-order valence-corrected chi connectivity index (χ2v) is 6.00. The summed E-state index contributed by atoms with van der Waals surface area (Å²) in [5.41, 5.74) is 0.208. The molecule has 0 aromatic heterocycles. The summed E-state index contributed by atoms with van der Waals surface area (Å²) in [7, 11) is 0. The third kappa shape index (κ3) is 5.49. The van der Waals surface area contributed by atoms with E-state index in [9.17, 15) is 13.7 Å². The van der Waals surface area contributed by atoms with Gasteiger partial charge in [-0.05, 0) is 12.1 Å². The van der Waals surface area contributed by atoms with E-state index in [0.717, 1.165) is 0 Å². The van der Waals surface area contributed by atoms with Crippen LogP contribution in [0.15, 0.2) is 17.5 Å². The number of halogens is 2. The second kappa shape index (κ2) is 11.0. The molecule has 1 spiro atoms. The molecular formula is C18H29F2N3O4. The average Bonchev–Trinajstić information content (AvgIpc) is 2.61. The van der Waals surface area contributed by atoms with Gasteiger partial charge in [0.25, 0.3) is 0 Å². The zero-order valence-corrected chi connectivity index (χ0v) is 16.3. The largest absolute Gasteiger partial charge is 0.392 e. The molecule has 2 N–H and O–H groups in total. The maximum Gasteiger partial charge on any atom is 0.170 e. The van der Waals surface area contributed by atoms with Gasteiger partial charge in [-0.1, -0.05) is 27.7 Å². The van der Waals surface area contributed by atoms with Gasteiger partial charge < -0.3 is 24.9 Å². The summed E-state index contributed by atoms with van der Waals surface area (Å²) in [6.45, 7) is 9.99. The van der Waals surface area contributed by atoms with Crippen molar-refractivity contribution in [3.05, 3.63) is 28.7 Å². The molecule has 2 aliphatic heterocycles. The number of ether oxygens (including phenoxy) is 1. The smallest absolute Gasteiger partial charge is 0.170 e. The van der Waals surface area contributed by atoms with Gasteiger partial charge in [-0.3, -0.25) is 0 Å². The molecule has 27 heavy (non-hydrogen) atoms. The molecule has 2 heterocycles. The van der Waals surface area contributed by atoms with Crippen LogP contribution in [0.3, 0.4) is 0 Å². The summed E-state index contributed by atoms with van der Waals surface area (Å²) in [4.78, 5) is 16.0. The molecule has 154 valence electrons. The SMILES string of the molecule is CC.CC.O=NOC(CO)CNc1cc(F)c(N2CC3(COC3)C2)c(F)c1. The first-order chi connectivity index (χ1) is 13.1. The van der Waals surface area contributed by atoms with Crippen molar-refractivity contribution in [1.29, 1.82) is 0 Å². The number of nitrogens with one attached hydrogen (secondary N) is 1. The Labute approximate surface area is 158 Å². The zero-order valence-electron chi connectivity index (χ0n) is 16.3. The molecule has 3 rings (SSSR count). The highest BCUT2D eigenvalue weighted by Gasteiger charge is 2.50. The number of rotatable bonds is 7.